The van der Waals surface area contributed by atoms with Gasteiger partial charge in [0.15, 0.2) is 5.11 Å². The van der Waals surface area contributed by atoms with E-state index in [9.17, 15) is 0 Å². The van der Waals surface area contributed by atoms with Crippen molar-refractivity contribution in [1.29, 1.82) is 0 Å². The average Bonchev–Trinajstić information content (AvgIpc) is 3.39. The van der Waals surface area contributed by atoms with Crippen molar-refractivity contribution in [3.63, 3.8) is 0 Å². The molecule has 1 aliphatic heterocycles. The van der Waals surface area contributed by atoms with Crippen LogP contribution in [0.5, 0.6) is 0 Å². The molecule has 0 aliphatic carbocycles. The third-order valence-electron chi connectivity index (χ3n) is 5.67. The Morgan fingerprint density at radius 3 is 2.58 bits per heavy atom. The lowest BCUT2D eigenvalue weighted by Gasteiger charge is -2.29. The predicted octanol–water partition coefficient (Wildman–Crippen LogP) is 3.95. The van der Waals surface area contributed by atoms with E-state index < -0.39 is 0 Å². The second kappa shape index (κ2) is 9.49. The molecule has 31 heavy (non-hydrogen) atoms. The minimum Gasteiger partial charge on any atom is -0.385 e. The van der Waals surface area contributed by atoms with Gasteiger partial charge in [0.05, 0.1) is 17.8 Å². The zero-order valence-electron chi connectivity index (χ0n) is 18.2. The van der Waals surface area contributed by atoms with Crippen molar-refractivity contribution in [1.82, 2.24) is 19.8 Å². The lowest BCUT2D eigenvalue weighted by molar-refractivity contribution is 0.180. The molecule has 2 atom stereocenters. The van der Waals surface area contributed by atoms with Crippen LogP contribution >= 0.6 is 12.2 Å². The van der Waals surface area contributed by atoms with Crippen molar-refractivity contribution >= 4 is 23.0 Å². The molecular formula is C24H29N5OS. The van der Waals surface area contributed by atoms with Gasteiger partial charge in [-0.2, -0.15) is 0 Å². The van der Waals surface area contributed by atoms with Crippen LogP contribution in [0, 0.1) is 0 Å². The molecule has 3 aromatic rings. The largest absolute Gasteiger partial charge is 0.385 e. The highest BCUT2D eigenvalue weighted by molar-refractivity contribution is 7.80. The zero-order chi connectivity index (χ0) is 21.8. The first-order valence-electron chi connectivity index (χ1n) is 10.5. The molecule has 3 heterocycles. The van der Waals surface area contributed by atoms with Crippen LogP contribution in [0.4, 0.5) is 5.69 Å². The highest BCUT2D eigenvalue weighted by Gasteiger charge is 2.40. The van der Waals surface area contributed by atoms with Crippen LogP contribution in [0.3, 0.4) is 0 Å². The Bertz CT molecular complexity index is 1000. The van der Waals surface area contributed by atoms with Crippen LogP contribution in [0.1, 0.15) is 29.9 Å². The molecule has 1 aliphatic rings. The van der Waals surface area contributed by atoms with E-state index in [-0.39, 0.29) is 12.1 Å². The van der Waals surface area contributed by atoms with E-state index in [2.05, 4.69) is 87.4 Å². The smallest absolute Gasteiger partial charge is 0.170 e. The third-order valence-corrected chi connectivity index (χ3v) is 6.03. The number of anilines is 1. The number of nitrogens with zero attached hydrogens (tertiary/aromatic N) is 4. The fourth-order valence-electron chi connectivity index (χ4n) is 4.13. The van der Waals surface area contributed by atoms with Gasteiger partial charge in [-0.3, -0.25) is 4.98 Å². The minimum atomic E-state index is -0.0223. The van der Waals surface area contributed by atoms with Crippen LogP contribution in [-0.2, 0) is 4.74 Å². The molecule has 6 nitrogen and oxygen atoms in total. The number of ether oxygens (including phenoxy) is 1. The molecule has 0 amide bonds. The maximum Gasteiger partial charge on any atom is 0.170 e. The molecule has 1 aromatic carbocycles. The monoisotopic (exact) mass is 435 g/mol. The van der Waals surface area contributed by atoms with Crippen molar-refractivity contribution in [3.05, 3.63) is 78.4 Å². The number of hydrogen-bond donors (Lipinski definition) is 1. The molecular weight excluding hydrogens is 406 g/mol. The second-order valence-electron chi connectivity index (χ2n) is 7.88. The third kappa shape index (κ3) is 4.43. The maximum absolute atomic E-state index is 5.76. The summed E-state index contributed by atoms with van der Waals surface area (Å²) >= 11 is 5.76. The number of rotatable bonds is 8. The molecule has 162 valence electrons. The summed E-state index contributed by atoms with van der Waals surface area (Å²) in [6.07, 6.45) is 4.86. The molecule has 7 heteroatoms. The van der Waals surface area contributed by atoms with E-state index in [1.54, 1.807) is 7.11 Å². The molecule has 0 radical (unpaired) electrons. The van der Waals surface area contributed by atoms with Crippen LogP contribution < -0.4 is 10.2 Å². The molecule has 0 bridgehead atoms. The quantitative estimate of drug-likeness (QED) is 0.427. The van der Waals surface area contributed by atoms with Gasteiger partial charge in [0.2, 0.25) is 0 Å². The van der Waals surface area contributed by atoms with Crippen LogP contribution in [0.2, 0.25) is 0 Å². The first-order valence-corrected chi connectivity index (χ1v) is 10.9. The van der Waals surface area contributed by atoms with Gasteiger partial charge in [0.25, 0.3) is 0 Å². The summed E-state index contributed by atoms with van der Waals surface area (Å²) in [7, 11) is 5.84. The highest BCUT2D eigenvalue weighted by atomic mass is 32.1. The Morgan fingerprint density at radius 1 is 1.10 bits per heavy atom. The normalized spacial score (nSPS) is 18.3. The van der Waals surface area contributed by atoms with E-state index in [0.717, 1.165) is 29.5 Å². The number of nitrogens with one attached hydrogen (secondary N) is 1. The molecule has 1 saturated heterocycles. The molecule has 1 N–H and O–H groups in total. The Morgan fingerprint density at radius 2 is 1.90 bits per heavy atom. The summed E-state index contributed by atoms with van der Waals surface area (Å²) in [4.78, 5) is 9.01. The molecule has 0 spiro atoms. The van der Waals surface area contributed by atoms with Crippen LogP contribution in [-0.4, -0.2) is 53.9 Å². The molecule has 2 aromatic heterocycles. The van der Waals surface area contributed by atoms with Crippen molar-refractivity contribution in [2.75, 3.05) is 39.3 Å². The number of pyridine rings is 1. The fourth-order valence-corrected chi connectivity index (χ4v) is 4.46. The standard InChI is InChI=1S/C24H29N5OS/c1-27(2)18-10-12-19(13-11-18)28-15-6-9-21(28)23-22(20-8-4-5-14-25-20)26-24(31)29(23)16-7-17-30-3/h4-6,8-15,22-23H,7,16-17H2,1-3H3,(H,26,31)/t22-,23-/m0/s1. The van der Waals surface area contributed by atoms with Crippen molar-refractivity contribution in [2.45, 2.75) is 18.5 Å². The van der Waals surface area contributed by atoms with Gasteiger partial charge in [-0.15, -0.1) is 0 Å². The zero-order valence-corrected chi connectivity index (χ0v) is 19.0. The van der Waals surface area contributed by atoms with Gasteiger partial charge in [-0.1, -0.05) is 6.07 Å². The molecule has 1 fully saturated rings. The summed E-state index contributed by atoms with van der Waals surface area (Å²) in [5.41, 5.74) is 4.46. The topological polar surface area (TPSA) is 45.6 Å². The molecule has 4 rings (SSSR count). The lowest BCUT2D eigenvalue weighted by atomic mass is 10.0. The van der Waals surface area contributed by atoms with Gasteiger partial charge < -0.3 is 24.4 Å². The van der Waals surface area contributed by atoms with Gasteiger partial charge in [0, 0.05) is 63.8 Å². The van der Waals surface area contributed by atoms with Crippen molar-refractivity contribution in [2.24, 2.45) is 0 Å². The number of methoxy groups -OCH3 is 1. The van der Waals surface area contributed by atoms with Gasteiger partial charge >= 0.3 is 0 Å². The summed E-state index contributed by atoms with van der Waals surface area (Å²) in [6.45, 7) is 1.52. The fraction of sp³-hybridized carbons (Fsp3) is 0.333. The summed E-state index contributed by atoms with van der Waals surface area (Å²) in [6, 6.07) is 18.9. The summed E-state index contributed by atoms with van der Waals surface area (Å²) < 4.78 is 7.53. The van der Waals surface area contributed by atoms with E-state index >= 15 is 0 Å². The SMILES string of the molecule is COCCCN1C(=S)N[C@@H](c2ccccn2)[C@@H]1c1cccn1-c1ccc(N(C)C)cc1. The first-order chi connectivity index (χ1) is 15.1. The summed E-state index contributed by atoms with van der Waals surface area (Å²) in [5.74, 6) is 0. The maximum atomic E-state index is 5.76. The van der Waals surface area contributed by atoms with Gasteiger partial charge in [0.1, 0.15) is 0 Å². The number of aromatic nitrogens is 2. The Kier molecular flexibility index (Phi) is 6.53. The Hall–Kier alpha value is -2.90. The van der Waals surface area contributed by atoms with E-state index in [1.807, 2.05) is 18.3 Å². The highest BCUT2D eigenvalue weighted by Crippen LogP contribution is 2.39. The number of thiocarbonyl (C=S) groups is 1. The van der Waals surface area contributed by atoms with E-state index in [1.165, 1.54) is 11.4 Å². The van der Waals surface area contributed by atoms with Crippen LogP contribution in [0.25, 0.3) is 5.69 Å². The molecule has 0 saturated carbocycles. The molecule has 0 unspecified atom stereocenters. The van der Waals surface area contributed by atoms with Crippen molar-refractivity contribution < 1.29 is 4.74 Å². The second-order valence-corrected chi connectivity index (χ2v) is 8.27. The first kappa shape index (κ1) is 21.3. The average molecular weight is 436 g/mol. The summed E-state index contributed by atoms with van der Waals surface area (Å²) in [5, 5.41) is 4.28. The number of hydrogen-bond acceptors (Lipinski definition) is 4. The Labute approximate surface area is 189 Å². The van der Waals surface area contributed by atoms with E-state index in [0.29, 0.717) is 6.61 Å². The van der Waals surface area contributed by atoms with Crippen LogP contribution in [0.15, 0.2) is 67.0 Å². The minimum absolute atomic E-state index is 0.0223. The Balaban J connectivity index is 1.73. The van der Waals surface area contributed by atoms with Gasteiger partial charge in [-0.25, -0.2) is 0 Å². The van der Waals surface area contributed by atoms with E-state index in [4.69, 9.17) is 17.0 Å². The lowest BCUT2D eigenvalue weighted by Crippen LogP contribution is -2.32. The predicted molar refractivity (Wildman–Crippen MR) is 129 cm³/mol. The van der Waals surface area contributed by atoms with Gasteiger partial charge in [-0.05, 0) is 67.2 Å². The number of benzene rings is 1. The van der Waals surface area contributed by atoms with Crippen molar-refractivity contribution in [3.8, 4) is 5.69 Å².